The van der Waals surface area contributed by atoms with E-state index in [1.807, 2.05) is 0 Å². The molecule has 1 aliphatic carbocycles. The third-order valence-corrected chi connectivity index (χ3v) is 14.5. The SMILES string of the molecule is CC1(C)c2cc3c(cc2-c2c1ccc1ccccc21)c1cc(-c2ccc4c(c2)c2ccccc2n4-c2cccc(-c4ccccc4)c2)ccc1n3-c1nc(-c2ccccc2)c2ccccc2n1. The lowest BCUT2D eigenvalue weighted by Crippen LogP contribution is -2.15. The molecule has 13 aromatic rings. The van der Waals surface area contributed by atoms with E-state index in [4.69, 9.17) is 9.97 Å². The molecule has 314 valence electrons. The zero-order valence-electron chi connectivity index (χ0n) is 37.1. The smallest absolute Gasteiger partial charge is 0.235 e. The van der Waals surface area contributed by atoms with E-state index < -0.39 is 0 Å². The van der Waals surface area contributed by atoms with Crippen LogP contribution in [0.4, 0.5) is 0 Å². The number of rotatable bonds is 5. The van der Waals surface area contributed by atoms with Crippen molar-refractivity contribution in [3.8, 4) is 56.3 Å². The lowest BCUT2D eigenvalue weighted by molar-refractivity contribution is 0.661. The number of para-hydroxylation sites is 2. The summed E-state index contributed by atoms with van der Waals surface area (Å²) < 4.78 is 4.72. The quantitative estimate of drug-likeness (QED) is 0.173. The highest BCUT2D eigenvalue weighted by molar-refractivity contribution is 6.15. The first-order valence-electron chi connectivity index (χ1n) is 23.2. The minimum absolute atomic E-state index is 0.216. The second-order valence-electron chi connectivity index (χ2n) is 18.6. The third kappa shape index (κ3) is 5.60. The summed E-state index contributed by atoms with van der Waals surface area (Å²) in [7, 11) is 0. The van der Waals surface area contributed by atoms with Crippen molar-refractivity contribution in [2.24, 2.45) is 0 Å². The molecule has 4 nitrogen and oxygen atoms in total. The predicted molar refractivity (Wildman–Crippen MR) is 280 cm³/mol. The molecule has 0 amide bonds. The molecule has 3 aromatic heterocycles. The minimum atomic E-state index is -0.216. The molecular formula is C63H42N4. The molecule has 10 aromatic carbocycles. The zero-order valence-corrected chi connectivity index (χ0v) is 37.1. The highest BCUT2D eigenvalue weighted by Gasteiger charge is 2.37. The van der Waals surface area contributed by atoms with Crippen molar-refractivity contribution in [2.75, 3.05) is 0 Å². The van der Waals surface area contributed by atoms with E-state index in [2.05, 4.69) is 241 Å². The normalized spacial score (nSPS) is 13.0. The lowest BCUT2D eigenvalue weighted by Gasteiger charge is -2.22. The number of hydrogen-bond acceptors (Lipinski definition) is 2. The summed E-state index contributed by atoms with van der Waals surface area (Å²) in [6, 6.07) is 79.5. The second kappa shape index (κ2) is 14.2. The van der Waals surface area contributed by atoms with E-state index in [1.54, 1.807) is 0 Å². The monoisotopic (exact) mass is 854 g/mol. The molecular weight excluding hydrogens is 813 g/mol. The molecule has 0 spiro atoms. The Hall–Kier alpha value is -8.60. The van der Waals surface area contributed by atoms with Gasteiger partial charge < -0.3 is 4.57 Å². The first-order chi connectivity index (χ1) is 33.0. The number of aromatic nitrogens is 4. The summed E-state index contributed by atoms with van der Waals surface area (Å²) in [4.78, 5) is 10.8. The average Bonchev–Trinajstić information content (AvgIpc) is 3.97. The fourth-order valence-corrected chi connectivity index (χ4v) is 11.3. The highest BCUT2D eigenvalue weighted by Crippen LogP contribution is 2.53. The van der Waals surface area contributed by atoms with Crippen molar-refractivity contribution in [3.63, 3.8) is 0 Å². The molecule has 4 heteroatoms. The van der Waals surface area contributed by atoms with Gasteiger partial charge >= 0.3 is 0 Å². The van der Waals surface area contributed by atoms with Crippen LogP contribution in [0.1, 0.15) is 25.0 Å². The lowest BCUT2D eigenvalue weighted by atomic mass is 9.82. The standard InChI is InChI=1S/C63H42N4/c1-63(2)53-31-28-40-18-9-10-23-46(40)60(53)52-37-51-50-36-44(30-33-58(50)67(59(51)38-54(52)63)62-64-55-26-13-11-25-48(55)61(65-62)41-19-7-4-8-20-41)43-29-32-57-49(35-43)47-24-12-14-27-56(47)66(57)45-22-15-21-42(34-45)39-16-5-3-6-17-39/h3-38H,1-2H3. The van der Waals surface area contributed by atoms with E-state index in [0.717, 1.165) is 44.4 Å². The van der Waals surface area contributed by atoms with Gasteiger partial charge in [-0.25, -0.2) is 9.97 Å². The van der Waals surface area contributed by atoms with Crippen molar-refractivity contribution in [1.29, 1.82) is 0 Å². The predicted octanol–water partition coefficient (Wildman–Crippen LogP) is 16.3. The summed E-state index contributed by atoms with van der Waals surface area (Å²) in [5.74, 6) is 0.662. The number of benzene rings is 10. The average molecular weight is 855 g/mol. The van der Waals surface area contributed by atoms with E-state index >= 15 is 0 Å². The van der Waals surface area contributed by atoms with Crippen LogP contribution in [0.2, 0.25) is 0 Å². The van der Waals surface area contributed by atoms with Gasteiger partial charge in [-0.3, -0.25) is 4.57 Å². The first-order valence-corrected chi connectivity index (χ1v) is 23.2. The van der Waals surface area contributed by atoms with Crippen molar-refractivity contribution >= 4 is 65.3 Å². The van der Waals surface area contributed by atoms with Crippen molar-refractivity contribution in [2.45, 2.75) is 19.3 Å². The van der Waals surface area contributed by atoms with Gasteiger partial charge in [-0.15, -0.1) is 0 Å². The Balaban J connectivity index is 1.01. The Morgan fingerprint density at radius 3 is 1.75 bits per heavy atom. The van der Waals surface area contributed by atoms with Crippen LogP contribution in [0, 0.1) is 0 Å². The van der Waals surface area contributed by atoms with Gasteiger partial charge in [0.1, 0.15) is 0 Å². The molecule has 0 saturated carbocycles. The molecule has 0 saturated heterocycles. The fraction of sp³-hybridized carbons (Fsp3) is 0.0476. The zero-order chi connectivity index (χ0) is 44.4. The molecule has 14 rings (SSSR count). The van der Waals surface area contributed by atoms with Crippen LogP contribution in [0.3, 0.4) is 0 Å². The molecule has 0 fully saturated rings. The number of fused-ring (bicyclic) bond motifs is 12. The van der Waals surface area contributed by atoms with Gasteiger partial charge in [-0.1, -0.05) is 172 Å². The van der Waals surface area contributed by atoms with Gasteiger partial charge in [0.15, 0.2) is 0 Å². The van der Waals surface area contributed by atoms with Crippen LogP contribution in [0.25, 0.3) is 122 Å². The van der Waals surface area contributed by atoms with E-state index in [9.17, 15) is 0 Å². The van der Waals surface area contributed by atoms with Crippen LogP contribution in [0.5, 0.6) is 0 Å². The maximum Gasteiger partial charge on any atom is 0.235 e. The largest absolute Gasteiger partial charge is 0.309 e. The molecule has 0 N–H and O–H groups in total. The van der Waals surface area contributed by atoms with Crippen molar-refractivity contribution in [1.82, 2.24) is 19.1 Å². The van der Waals surface area contributed by atoms with Crippen LogP contribution >= 0.6 is 0 Å². The molecule has 0 bridgehead atoms. The number of hydrogen-bond donors (Lipinski definition) is 0. The number of nitrogens with zero attached hydrogens (tertiary/aromatic N) is 4. The Bertz CT molecular complexity index is 4170. The van der Waals surface area contributed by atoms with Gasteiger partial charge in [-0.2, -0.15) is 0 Å². The minimum Gasteiger partial charge on any atom is -0.309 e. The van der Waals surface area contributed by atoms with E-state index in [0.29, 0.717) is 5.95 Å². The molecule has 0 atom stereocenters. The van der Waals surface area contributed by atoms with Gasteiger partial charge in [-0.05, 0) is 116 Å². The molecule has 3 heterocycles. The van der Waals surface area contributed by atoms with Crippen molar-refractivity contribution in [3.05, 3.63) is 230 Å². The summed E-state index contributed by atoms with van der Waals surface area (Å²) in [6.45, 7) is 4.74. The molecule has 67 heavy (non-hydrogen) atoms. The Morgan fingerprint density at radius 1 is 0.358 bits per heavy atom. The molecule has 0 radical (unpaired) electrons. The maximum absolute atomic E-state index is 5.47. The second-order valence-corrected chi connectivity index (χ2v) is 18.6. The first kappa shape index (κ1) is 37.7. The third-order valence-electron chi connectivity index (χ3n) is 14.5. The van der Waals surface area contributed by atoms with Gasteiger partial charge in [0.25, 0.3) is 0 Å². The van der Waals surface area contributed by atoms with Crippen molar-refractivity contribution < 1.29 is 0 Å². The summed E-state index contributed by atoms with van der Waals surface area (Å²) in [5.41, 5.74) is 18.4. The summed E-state index contributed by atoms with van der Waals surface area (Å²) in [6.07, 6.45) is 0. The van der Waals surface area contributed by atoms with Crippen LogP contribution in [-0.2, 0) is 5.41 Å². The maximum atomic E-state index is 5.47. The fourth-order valence-electron chi connectivity index (χ4n) is 11.3. The molecule has 0 unspecified atom stereocenters. The Labute approximate surface area is 387 Å². The van der Waals surface area contributed by atoms with E-state index in [-0.39, 0.29) is 5.41 Å². The molecule has 0 aliphatic heterocycles. The van der Waals surface area contributed by atoms with Gasteiger partial charge in [0, 0.05) is 43.6 Å². The molecule has 1 aliphatic rings. The topological polar surface area (TPSA) is 35.6 Å². The van der Waals surface area contributed by atoms with Gasteiger partial charge in [0.2, 0.25) is 5.95 Å². The van der Waals surface area contributed by atoms with Crippen LogP contribution in [0.15, 0.2) is 218 Å². The Morgan fingerprint density at radius 2 is 0.955 bits per heavy atom. The van der Waals surface area contributed by atoms with Gasteiger partial charge in [0.05, 0.1) is 33.3 Å². The van der Waals surface area contributed by atoms with E-state index in [1.165, 1.54) is 82.3 Å². The summed E-state index contributed by atoms with van der Waals surface area (Å²) in [5, 5.41) is 8.39. The Kier molecular flexibility index (Phi) is 8.00. The van der Waals surface area contributed by atoms with Crippen LogP contribution < -0.4 is 0 Å². The highest BCUT2D eigenvalue weighted by atomic mass is 15.2. The summed E-state index contributed by atoms with van der Waals surface area (Å²) >= 11 is 0. The van der Waals surface area contributed by atoms with Crippen LogP contribution in [-0.4, -0.2) is 19.1 Å².